The van der Waals surface area contributed by atoms with Gasteiger partial charge in [0.2, 0.25) is 5.91 Å². The van der Waals surface area contributed by atoms with Crippen LogP contribution >= 0.6 is 0 Å². The molecule has 0 radical (unpaired) electrons. The smallest absolute Gasteiger partial charge is 0.309 e. The Balaban J connectivity index is 1.63. The lowest BCUT2D eigenvalue weighted by atomic mass is 9.95. The lowest BCUT2D eigenvalue weighted by molar-refractivity contribution is -0.150. The van der Waals surface area contributed by atoms with Gasteiger partial charge in [0.15, 0.2) is 0 Å². The van der Waals surface area contributed by atoms with Gasteiger partial charge in [-0.15, -0.1) is 0 Å². The molecule has 0 aliphatic carbocycles. The Morgan fingerprint density at radius 3 is 2.51 bits per heavy atom. The number of benzene rings is 2. The SMILES string of the molecule is CCOC(=O)C1CCN(C(=O)/C=C(\C)c2cc3c(-c4ccc(F)cc4)coc3c(C)c2OC)CC1. The largest absolute Gasteiger partial charge is 0.496 e. The molecule has 1 saturated heterocycles. The number of esters is 1. The Hall–Kier alpha value is -3.61. The van der Waals surface area contributed by atoms with Gasteiger partial charge in [0.1, 0.15) is 17.1 Å². The van der Waals surface area contributed by atoms with Crippen molar-refractivity contribution in [2.24, 2.45) is 5.92 Å². The van der Waals surface area contributed by atoms with Crippen molar-refractivity contribution in [2.45, 2.75) is 33.6 Å². The second kappa shape index (κ2) is 10.3. The van der Waals surface area contributed by atoms with E-state index in [2.05, 4.69) is 0 Å². The molecule has 2 heterocycles. The van der Waals surface area contributed by atoms with E-state index >= 15 is 0 Å². The van der Waals surface area contributed by atoms with Crippen LogP contribution in [0, 0.1) is 18.7 Å². The maximum atomic E-state index is 13.4. The Kier molecular flexibility index (Phi) is 7.24. The Morgan fingerprint density at radius 1 is 1.20 bits per heavy atom. The van der Waals surface area contributed by atoms with E-state index in [4.69, 9.17) is 13.9 Å². The molecule has 184 valence electrons. The fourth-order valence-corrected chi connectivity index (χ4v) is 4.67. The van der Waals surface area contributed by atoms with Gasteiger partial charge >= 0.3 is 5.97 Å². The molecule has 4 rings (SSSR count). The van der Waals surface area contributed by atoms with E-state index < -0.39 is 0 Å². The number of likely N-dealkylation sites (tertiary alicyclic amines) is 1. The molecule has 1 aromatic heterocycles. The van der Waals surface area contributed by atoms with Gasteiger partial charge in [0, 0.05) is 41.2 Å². The van der Waals surface area contributed by atoms with Crippen LogP contribution in [0.15, 0.2) is 47.1 Å². The first kappa shape index (κ1) is 24.5. The molecule has 1 fully saturated rings. The lowest BCUT2D eigenvalue weighted by Crippen LogP contribution is -2.40. The zero-order chi connectivity index (χ0) is 25.1. The highest BCUT2D eigenvalue weighted by molar-refractivity contribution is 6.01. The number of allylic oxidation sites excluding steroid dienone is 1. The fraction of sp³-hybridized carbons (Fsp3) is 0.357. The molecule has 35 heavy (non-hydrogen) atoms. The average Bonchev–Trinajstić information content (AvgIpc) is 3.29. The molecule has 0 saturated carbocycles. The van der Waals surface area contributed by atoms with E-state index in [1.54, 1.807) is 43.4 Å². The molecule has 1 amide bonds. The first-order valence-electron chi connectivity index (χ1n) is 11.8. The van der Waals surface area contributed by atoms with Gasteiger partial charge in [-0.2, -0.15) is 0 Å². The molecule has 0 spiro atoms. The summed E-state index contributed by atoms with van der Waals surface area (Å²) in [5.41, 5.74) is 4.73. The maximum absolute atomic E-state index is 13.4. The Labute approximate surface area is 204 Å². The highest BCUT2D eigenvalue weighted by atomic mass is 19.1. The first-order valence-corrected chi connectivity index (χ1v) is 11.8. The van der Waals surface area contributed by atoms with Crippen LogP contribution < -0.4 is 4.74 Å². The zero-order valence-electron chi connectivity index (χ0n) is 20.5. The van der Waals surface area contributed by atoms with Crippen molar-refractivity contribution in [3.8, 4) is 16.9 Å². The topological polar surface area (TPSA) is 69.0 Å². The quantitative estimate of drug-likeness (QED) is 0.332. The molecule has 0 N–H and O–H groups in total. The Morgan fingerprint density at radius 2 is 1.89 bits per heavy atom. The number of aryl methyl sites for hydroxylation is 1. The molecule has 6 nitrogen and oxygen atoms in total. The van der Waals surface area contributed by atoms with Crippen LogP contribution in [0.1, 0.15) is 37.8 Å². The number of rotatable bonds is 6. The normalized spacial score (nSPS) is 14.9. The minimum atomic E-state index is -0.302. The van der Waals surface area contributed by atoms with Crippen LogP contribution in [0.5, 0.6) is 5.75 Å². The molecule has 0 unspecified atom stereocenters. The predicted molar refractivity (Wildman–Crippen MR) is 132 cm³/mol. The van der Waals surface area contributed by atoms with Crippen molar-refractivity contribution in [2.75, 3.05) is 26.8 Å². The number of furan rings is 1. The summed E-state index contributed by atoms with van der Waals surface area (Å²) in [5, 5.41) is 0.861. The van der Waals surface area contributed by atoms with E-state index in [1.807, 2.05) is 19.9 Å². The molecular weight excluding hydrogens is 449 g/mol. The number of hydrogen-bond donors (Lipinski definition) is 0. The number of methoxy groups -OCH3 is 1. The maximum Gasteiger partial charge on any atom is 0.309 e. The summed E-state index contributed by atoms with van der Waals surface area (Å²) in [4.78, 5) is 26.8. The van der Waals surface area contributed by atoms with Gasteiger partial charge in [-0.1, -0.05) is 12.1 Å². The van der Waals surface area contributed by atoms with Crippen molar-refractivity contribution in [1.82, 2.24) is 4.90 Å². The van der Waals surface area contributed by atoms with Crippen molar-refractivity contribution in [1.29, 1.82) is 0 Å². The van der Waals surface area contributed by atoms with Gasteiger partial charge in [0.25, 0.3) is 0 Å². The van der Waals surface area contributed by atoms with Crippen LogP contribution in [0.25, 0.3) is 27.7 Å². The van der Waals surface area contributed by atoms with Crippen LogP contribution in [0.4, 0.5) is 4.39 Å². The summed E-state index contributed by atoms with van der Waals surface area (Å²) in [6.45, 7) is 6.98. The van der Waals surface area contributed by atoms with E-state index in [1.165, 1.54) is 12.1 Å². The number of fused-ring (bicyclic) bond motifs is 1. The third-order valence-electron chi connectivity index (χ3n) is 6.59. The molecule has 2 aromatic carbocycles. The minimum absolute atomic E-state index is 0.101. The van der Waals surface area contributed by atoms with Crippen LogP contribution in [0.3, 0.4) is 0 Å². The van der Waals surface area contributed by atoms with Crippen LogP contribution in [-0.2, 0) is 14.3 Å². The zero-order valence-corrected chi connectivity index (χ0v) is 20.5. The minimum Gasteiger partial charge on any atom is -0.496 e. The third kappa shape index (κ3) is 4.94. The summed E-state index contributed by atoms with van der Waals surface area (Å²) in [5.74, 6) is -0.101. The number of hydrogen-bond acceptors (Lipinski definition) is 5. The number of carbonyl (C=O) groups is 2. The van der Waals surface area contributed by atoms with Crippen molar-refractivity contribution in [3.63, 3.8) is 0 Å². The van der Waals surface area contributed by atoms with E-state index in [0.717, 1.165) is 33.2 Å². The second-order valence-electron chi connectivity index (χ2n) is 8.79. The number of nitrogens with zero attached hydrogens (tertiary/aromatic N) is 1. The number of amides is 1. The number of halogens is 1. The van der Waals surface area contributed by atoms with Gasteiger partial charge in [0.05, 0.1) is 25.9 Å². The number of piperidine rings is 1. The summed E-state index contributed by atoms with van der Waals surface area (Å²) < 4.78 is 30.1. The van der Waals surface area contributed by atoms with Crippen molar-refractivity contribution < 1.29 is 27.9 Å². The summed E-state index contributed by atoms with van der Waals surface area (Å²) >= 11 is 0. The number of carbonyl (C=O) groups excluding carboxylic acids is 2. The molecule has 1 aliphatic heterocycles. The third-order valence-corrected chi connectivity index (χ3v) is 6.59. The standard InChI is InChI=1S/C28H30FNO5/c1-5-34-28(32)20-10-12-30(13-11-20)25(31)14-17(2)22-15-23-24(19-6-8-21(29)9-7-19)16-35-27(23)18(3)26(22)33-4/h6-9,14-16,20H,5,10-13H2,1-4H3/b17-14+. The van der Waals surface area contributed by atoms with Crippen LogP contribution in [0.2, 0.25) is 0 Å². The molecular formula is C28H30FNO5. The molecule has 0 bridgehead atoms. The highest BCUT2D eigenvalue weighted by Gasteiger charge is 2.28. The summed E-state index contributed by atoms with van der Waals surface area (Å²) in [7, 11) is 1.59. The van der Waals surface area contributed by atoms with Crippen molar-refractivity contribution in [3.05, 3.63) is 59.6 Å². The van der Waals surface area contributed by atoms with Crippen molar-refractivity contribution >= 4 is 28.4 Å². The number of ether oxygens (including phenoxy) is 2. The van der Waals surface area contributed by atoms with E-state index in [-0.39, 0.29) is 23.6 Å². The van der Waals surface area contributed by atoms with Gasteiger partial charge in [-0.25, -0.2) is 4.39 Å². The van der Waals surface area contributed by atoms with Crippen LogP contribution in [-0.4, -0.2) is 43.6 Å². The lowest BCUT2D eigenvalue weighted by Gasteiger charge is -2.30. The molecule has 7 heteroatoms. The Bertz CT molecular complexity index is 1270. The van der Waals surface area contributed by atoms with E-state index in [9.17, 15) is 14.0 Å². The molecule has 1 aliphatic rings. The second-order valence-corrected chi connectivity index (χ2v) is 8.79. The molecule has 0 atom stereocenters. The first-order chi connectivity index (χ1) is 16.8. The molecule has 3 aromatic rings. The van der Waals surface area contributed by atoms with Gasteiger partial charge < -0.3 is 18.8 Å². The summed E-state index contributed by atoms with van der Waals surface area (Å²) in [6, 6.07) is 8.21. The van der Waals surface area contributed by atoms with Gasteiger partial charge in [-0.3, -0.25) is 9.59 Å². The predicted octanol–water partition coefficient (Wildman–Crippen LogP) is 5.76. The summed E-state index contributed by atoms with van der Waals surface area (Å²) in [6.07, 6.45) is 4.47. The highest BCUT2D eigenvalue weighted by Crippen LogP contribution is 2.40. The van der Waals surface area contributed by atoms with E-state index in [0.29, 0.717) is 43.9 Å². The average molecular weight is 480 g/mol. The monoisotopic (exact) mass is 479 g/mol. The van der Waals surface area contributed by atoms with Gasteiger partial charge in [-0.05, 0) is 62.9 Å². The fourth-order valence-electron chi connectivity index (χ4n) is 4.67.